The van der Waals surface area contributed by atoms with Crippen LogP contribution in [0, 0.1) is 5.92 Å². The Balaban J connectivity index is 2.94. The number of ether oxygens (including phenoxy) is 4. The van der Waals surface area contributed by atoms with Gasteiger partial charge < -0.3 is 18.9 Å². The molecule has 146 valence electrons. The third-order valence-corrected chi connectivity index (χ3v) is 3.50. The Hall–Kier alpha value is -3.16. The van der Waals surface area contributed by atoms with Crippen molar-refractivity contribution in [2.45, 2.75) is 20.8 Å². The molecule has 0 bridgehead atoms. The lowest BCUT2D eigenvalue weighted by Crippen LogP contribution is -2.14. The van der Waals surface area contributed by atoms with E-state index in [9.17, 15) is 19.2 Å². The molecule has 1 aliphatic rings. The molecule has 0 N–H and O–H groups in total. The van der Waals surface area contributed by atoms with Gasteiger partial charge in [0.15, 0.2) is 0 Å². The topological polar surface area (TPSA) is 105 Å². The minimum atomic E-state index is -0.791. The van der Waals surface area contributed by atoms with E-state index in [1.807, 2.05) is 0 Å². The van der Waals surface area contributed by atoms with Gasteiger partial charge >= 0.3 is 23.9 Å². The molecule has 27 heavy (non-hydrogen) atoms. The van der Waals surface area contributed by atoms with Crippen LogP contribution in [0.25, 0.3) is 0 Å². The SMILES string of the molecule is C=CC1COC(=O)/C1=C(C)/C(=C/OC(C)=O)C(=O)OC/C=C\COC(C)=O. The van der Waals surface area contributed by atoms with Crippen LogP contribution in [0.4, 0.5) is 0 Å². The zero-order valence-corrected chi connectivity index (χ0v) is 15.5. The molecule has 1 atom stereocenters. The van der Waals surface area contributed by atoms with Gasteiger partial charge in [-0.15, -0.1) is 6.58 Å². The van der Waals surface area contributed by atoms with Crippen molar-refractivity contribution in [3.05, 3.63) is 47.8 Å². The van der Waals surface area contributed by atoms with Crippen LogP contribution in [-0.4, -0.2) is 43.7 Å². The quantitative estimate of drug-likeness (QED) is 0.207. The summed E-state index contributed by atoms with van der Waals surface area (Å²) in [6, 6.07) is 0. The molecule has 0 aromatic heterocycles. The summed E-state index contributed by atoms with van der Waals surface area (Å²) in [4.78, 5) is 46.1. The zero-order chi connectivity index (χ0) is 20.4. The highest BCUT2D eigenvalue weighted by atomic mass is 16.5. The summed E-state index contributed by atoms with van der Waals surface area (Å²) in [7, 11) is 0. The van der Waals surface area contributed by atoms with Crippen LogP contribution < -0.4 is 0 Å². The fourth-order valence-electron chi connectivity index (χ4n) is 2.17. The fraction of sp³-hybridized carbons (Fsp3) is 0.368. The van der Waals surface area contributed by atoms with E-state index in [4.69, 9.17) is 18.9 Å². The first-order valence-electron chi connectivity index (χ1n) is 8.11. The van der Waals surface area contributed by atoms with Crippen LogP contribution in [0.5, 0.6) is 0 Å². The highest BCUT2D eigenvalue weighted by molar-refractivity contribution is 5.99. The number of carbonyl (C=O) groups is 4. The molecule has 1 heterocycles. The Labute approximate surface area is 157 Å². The predicted octanol–water partition coefficient (Wildman–Crippen LogP) is 1.77. The number of hydrogen-bond donors (Lipinski definition) is 0. The molecule has 1 unspecified atom stereocenters. The van der Waals surface area contributed by atoms with Crippen LogP contribution in [-0.2, 0) is 38.1 Å². The molecule has 0 saturated carbocycles. The van der Waals surface area contributed by atoms with E-state index in [2.05, 4.69) is 6.58 Å². The van der Waals surface area contributed by atoms with Crippen LogP contribution in [0.2, 0.25) is 0 Å². The first-order chi connectivity index (χ1) is 12.8. The maximum absolute atomic E-state index is 12.4. The Morgan fingerprint density at radius 1 is 1.11 bits per heavy atom. The van der Waals surface area contributed by atoms with Crippen LogP contribution in [0.1, 0.15) is 20.8 Å². The van der Waals surface area contributed by atoms with E-state index >= 15 is 0 Å². The largest absolute Gasteiger partial charge is 0.462 e. The molecule has 1 aliphatic heterocycles. The van der Waals surface area contributed by atoms with E-state index < -0.39 is 23.9 Å². The van der Waals surface area contributed by atoms with Gasteiger partial charge in [0.2, 0.25) is 0 Å². The Bertz CT molecular complexity index is 711. The Morgan fingerprint density at radius 2 is 1.74 bits per heavy atom. The van der Waals surface area contributed by atoms with Crippen molar-refractivity contribution in [3.8, 4) is 0 Å². The van der Waals surface area contributed by atoms with Gasteiger partial charge in [-0.05, 0) is 24.6 Å². The molecule has 0 amide bonds. The van der Waals surface area contributed by atoms with Crippen molar-refractivity contribution in [2.75, 3.05) is 19.8 Å². The number of cyclic esters (lactones) is 1. The summed E-state index contributed by atoms with van der Waals surface area (Å²) in [5.41, 5.74) is 0.447. The standard InChI is InChI=1S/C19H22O8/c1-5-15-10-27-19(23)17(15)12(2)16(11-26-14(4)21)18(22)25-9-7-6-8-24-13(3)20/h5-7,11,15H,1,8-10H2,2-4H3/b7-6-,16-11-,17-12+. The lowest BCUT2D eigenvalue weighted by Gasteiger charge is -2.11. The minimum Gasteiger partial charge on any atom is -0.462 e. The van der Waals surface area contributed by atoms with Crippen LogP contribution in [0.3, 0.4) is 0 Å². The highest BCUT2D eigenvalue weighted by Crippen LogP contribution is 2.29. The molecule has 0 radical (unpaired) electrons. The third-order valence-electron chi connectivity index (χ3n) is 3.50. The fourth-order valence-corrected chi connectivity index (χ4v) is 2.17. The van der Waals surface area contributed by atoms with E-state index in [0.717, 1.165) is 6.26 Å². The smallest absolute Gasteiger partial charge is 0.341 e. The van der Waals surface area contributed by atoms with Gasteiger partial charge in [-0.25, -0.2) is 9.59 Å². The van der Waals surface area contributed by atoms with Gasteiger partial charge in [-0.3, -0.25) is 9.59 Å². The van der Waals surface area contributed by atoms with Crippen molar-refractivity contribution in [3.63, 3.8) is 0 Å². The van der Waals surface area contributed by atoms with E-state index in [-0.39, 0.29) is 42.5 Å². The van der Waals surface area contributed by atoms with E-state index in [0.29, 0.717) is 0 Å². The lowest BCUT2D eigenvalue weighted by atomic mass is 9.94. The first kappa shape index (κ1) is 21.9. The Kier molecular flexibility index (Phi) is 8.71. The van der Waals surface area contributed by atoms with Crippen molar-refractivity contribution < 1.29 is 38.1 Å². The average Bonchev–Trinajstić information content (AvgIpc) is 2.98. The minimum absolute atomic E-state index is 0.0545. The monoisotopic (exact) mass is 378 g/mol. The molecule has 0 aromatic carbocycles. The molecule has 0 spiro atoms. The maximum Gasteiger partial charge on any atom is 0.341 e. The van der Waals surface area contributed by atoms with E-state index in [1.54, 1.807) is 0 Å². The molecule has 8 nitrogen and oxygen atoms in total. The van der Waals surface area contributed by atoms with Crippen LogP contribution >= 0.6 is 0 Å². The summed E-state index contributed by atoms with van der Waals surface area (Å²) in [6.45, 7) is 7.72. The second kappa shape index (κ2) is 10.7. The van der Waals surface area contributed by atoms with Crippen molar-refractivity contribution in [1.82, 2.24) is 0 Å². The molecule has 1 saturated heterocycles. The molecule has 1 rings (SSSR count). The summed E-state index contributed by atoms with van der Waals surface area (Å²) in [5.74, 6) is -2.80. The summed E-state index contributed by atoms with van der Waals surface area (Å²) in [6.07, 6.45) is 5.48. The molecular weight excluding hydrogens is 356 g/mol. The second-order valence-corrected chi connectivity index (χ2v) is 5.49. The Morgan fingerprint density at radius 3 is 2.30 bits per heavy atom. The number of esters is 4. The number of carbonyl (C=O) groups excluding carboxylic acids is 4. The van der Waals surface area contributed by atoms with Gasteiger partial charge in [0.25, 0.3) is 0 Å². The van der Waals surface area contributed by atoms with Gasteiger partial charge in [0, 0.05) is 19.8 Å². The molecule has 0 aliphatic carbocycles. The lowest BCUT2D eigenvalue weighted by molar-refractivity contribution is -0.140. The maximum atomic E-state index is 12.4. The van der Waals surface area contributed by atoms with Crippen molar-refractivity contribution in [1.29, 1.82) is 0 Å². The second-order valence-electron chi connectivity index (χ2n) is 5.49. The molecular formula is C19H22O8. The zero-order valence-electron chi connectivity index (χ0n) is 15.5. The van der Waals surface area contributed by atoms with Gasteiger partial charge in [0.05, 0.1) is 11.1 Å². The third kappa shape index (κ3) is 6.93. The van der Waals surface area contributed by atoms with Crippen LogP contribution in [0.15, 0.2) is 47.8 Å². The summed E-state index contributed by atoms with van der Waals surface area (Å²) >= 11 is 0. The van der Waals surface area contributed by atoms with Gasteiger partial charge in [0.1, 0.15) is 26.1 Å². The van der Waals surface area contributed by atoms with Gasteiger partial charge in [-0.1, -0.05) is 6.08 Å². The number of rotatable bonds is 8. The van der Waals surface area contributed by atoms with Crippen molar-refractivity contribution in [2.24, 2.45) is 5.92 Å². The van der Waals surface area contributed by atoms with E-state index in [1.165, 1.54) is 39.0 Å². The summed E-state index contributed by atoms with van der Waals surface area (Å²) in [5, 5.41) is 0. The number of hydrogen-bond acceptors (Lipinski definition) is 8. The molecule has 8 heteroatoms. The van der Waals surface area contributed by atoms with Gasteiger partial charge in [-0.2, -0.15) is 0 Å². The summed E-state index contributed by atoms with van der Waals surface area (Å²) < 4.78 is 19.6. The molecule has 0 aromatic rings. The normalized spacial score (nSPS) is 18.7. The predicted molar refractivity (Wildman–Crippen MR) is 93.9 cm³/mol. The highest BCUT2D eigenvalue weighted by Gasteiger charge is 2.32. The molecule has 1 fully saturated rings. The van der Waals surface area contributed by atoms with Crippen molar-refractivity contribution >= 4 is 23.9 Å². The first-order valence-corrected chi connectivity index (χ1v) is 8.11. The average molecular weight is 378 g/mol.